The molecular formula is C14H21ClN2O3. The molecule has 1 aromatic rings. The molecule has 0 aliphatic rings. The van der Waals surface area contributed by atoms with Crippen molar-refractivity contribution in [3.63, 3.8) is 0 Å². The molecule has 0 amide bonds. The number of nitrogens with two attached hydrogens (primary N) is 1. The molecule has 0 aliphatic carbocycles. The molecule has 1 rings (SSSR count). The summed E-state index contributed by atoms with van der Waals surface area (Å²) in [5.41, 5.74) is 6.37. The Balaban J connectivity index is 2.84. The number of rotatable bonds is 7. The first-order valence-electron chi connectivity index (χ1n) is 6.49. The van der Waals surface area contributed by atoms with Crippen molar-refractivity contribution in [1.82, 2.24) is 4.90 Å². The highest BCUT2D eigenvalue weighted by Gasteiger charge is 2.18. The summed E-state index contributed by atoms with van der Waals surface area (Å²) in [5, 5.41) is 0.318. The van der Waals surface area contributed by atoms with Crippen molar-refractivity contribution in [3.05, 3.63) is 22.7 Å². The summed E-state index contributed by atoms with van der Waals surface area (Å²) in [7, 11) is 3.97. The molecule has 0 spiro atoms. The Morgan fingerprint density at radius 2 is 2.10 bits per heavy atom. The second-order valence-electron chi connectivity index (χ2n) is 4.61. The monoisotopic (exact) mass is 300 g/mol. The van der Waals surface area contributed by atoms with Gasteiger partial charge in [-0.25, -0.2) is 4.79 Å². The molecule has 112 valence electrons. The van der Waals surface area contributed by atoms with Gasteiger partial charge in [-0.05, 0) is 39.6 Å². The summed E-state index contributed by atoms with van der Waals surface area (Å²) in [5.74, 6) is -0.151. The van der Waals surface area contributed by atoms with Gasteiger partial charge in [-0.15, -0.1) is 0 Å². The summed E-state index contributed by atoms with van der Waals surface area (Å²) in [6, 6.07) is 3.08. The number of anilines is 1. The molecule has 0 saturated carbocycles. The van der Waals surface area contributed by atoms with E-state index in [1.165, 1.54) is 6.07 Å². The third-order valence-corrected chi connectivity index (χ3v) is 2.84. The lowest BCUT2D eigenvalue weighted by Crippen LogP contribution is -2.16. The molecule has 0 heterocycles. The van der Waals surface area contributed by atoms with Gasteiger partial charge in [0.2, 0.25) is 0 Å². The first-order chi connectivity index (χ1) is 9.45. The predicted molar refractivity (Wildman–Crippen MR) is 80.5 cm³/mol. The van der Waals surface area contributed by atoms with Crippen molar-refractivity contribution in [2.24, 2.45) is 0 Å². The fourth-order valence-electron chi connectivity index (χ4n) is 1.68. The molecule has 0 radical (unpaired) electrons. The molecule has 0 aromatic heterocycles. The molecule has 0 saturated heterocycles. The van der Waals surface area contributed by atoms with Crippen molar-refractivity contribution in [3.8, 4) is 5.75 Å². The van der Waals surface area contributed by atoms with Gasteiger partial charge in [0, 0.05) is 12.2 Å². The number of hydrogen-bond donors (Lipinski definition) is 1. The number of nitrogens with zero attached hydrogens (tertiary/aromatic N) is 1. The van der Waals surface area contributed by atoms with Crippen molar-refractivity contribution in [2.75, 3.05) is 39.6 Å². The molecule has 0 atom stereocenters. The van der Waals surface area contributed by atoms with Crippen LogP contribution in [0.25, 0.3) is 0 Å². The Kier molecular flexibility index (Phi) is 6.61. The van der Waals surface area contributed by atoms with E-state index >= 15 is 0 Å². The Bertz CT molecular complexity index is 464. The normalized spacial score (nSPS) is 10.7. The number of carbonyl (C=O) groups excluding carboxylic acids is 1. The van der Waals surface area contributed by atoms with E-state index in [1.54, 1.807) is 13.0 Å². The maximum atomic E-state index is 11.9. The summed E-state index contributed by atoms with van der Waals surface area (Å²) in [4.78, 5) is 13.9. The fourth-order valence-corrected chi connectivity index (χ4v) is 1.96. The van der Waals surface area contributed by atoms with Crippen LogP contribution in [-0.4, -0.2) is 44.7 Å². The highest BCUT2D eigenvalue weighted by molar-refractivity contribution is 6.33. The third kappa shape index (κ3) is 4.90. The van der Waals surface area contributed by atoms with Gasteiger partial charge in [0.1, 0.15) is 5.56 Å². The lowest BCUT2D eigenvalue weighted by molar-refractivity contribution is 0.0521. The van der Waals surface area contributed by atoms with Gasteiger partial charge in [-0.3, -0.25) is 0 Å². The molecule has 5 nitrogen and oxygen atoms in total. The van der Waals surface area contributed by atoms with Crippen LogP contribution in [0, 0.1) is 0 Å². The maximum Gasteiger partial charge on any atom is 0.342 e. The molecule has 0 bridgehead atoms. The lowest BCUT2D eigenvalue weighted by atomic mass is 10.1. The average molecular weight is 301 g/mol. The number of esters is 1. The van der Waals surface area contributed by atoms with Crippen LogP contribution in [0.2, 0.25) is 5.02 Å². The number of nitrogen functional groups attached to an aromatic ring is 1. The highest BCUT2D eigenvalue weighted by atomic mass is 35.5. The van der Waals surface area contributed by atoms with Gasteiger partial charge >= 0.3 is 5.97 Å². The number of halogens is 1. The van der Waals surface area contributed by atoms with E-state index in [-0.39, 0.29) is 12.2 Å². The van der Waals surface area contributed by atoms with E-state index < -0.39 is 5.97 Å². The van der Waals surface area contributed by atoms with Crippen molar-refractivity contribution in [1.29, 1.82) is 0 Å². The lowest BCUT2D eigenvalue weighted by Gasteiger charge is -2.14. The average Bonchev–Trinajstić information content (AvgIpc) is 2.35. The molecule has 20 heavy (non-hydrogen) atoms. The molecule has 2 N–H and O–H groups in total. The fraction of sp³-hybridized carbons (Fsp3) is 0.500. The second-order valence-corrected chi connectivity index (χ2v) is 5.01. The van der Waals surface area contributed by atoms with Gasteiger partial charge in [0.15, 0.2) is 5.75 Å². The first kappa shape index (κ1) is 16.6. The van der Waals surface area contributed by atoms with Crippen LogP contribution >= 0.6 is 11.6 Å². The van der Waals surface area contributed by atoms with E-state index in [9.17, 15) is 4.79 Å². The SMILES string of the molecule is CCOC(=O)c1cc(N)cc(Cl)c1OCCCN(C)C. The van der Waals surface area contributed by atoms with Gasteiger partial charge in [-0.1, -0.05) is 11.6 Å². The highest BCUT2D eigenvalue weighted by Crippen LogP contribution is 2.32. The van der Waals surface area contributed by atoms with Gasteiger partial charge in [-0.2, -0.15) is 0 Å². The zero-order valence-corrected chi connectivity index (χ0v) is 12.9. The third-order valence-electron chi connectivity index (χ3n) is 2.56. The van der Waals surface area contributed by atoms with Crippen LogP contribution in [0.1, 0.15) is 23.7 Å². The summed E-state index contributed by atoms with van der Waals surface area (Å²) >= 11 is 6.10. The summed E-state index contributed by atoms with van der Waals surface area (Å²) < 4.78 is 10.6. The predicted octanol–water partition coefficient (Wildman–Crippen LogP) is 2.43. The first-order valence-corrected chi connectivity index (χ1v) is 6.87. The Hall–Kier alpha value is -1.46. The molecular weight excluding hydrogens is 280 g/mol. The standard InChI is InChI=1S/C14H21ClN2O3/c1-4-19-14(18)11-8-10(16)9-12(15)13(11)20-7-5-6-17(2)3/h8-9H,4-7,16H2,1-3H3. The quantitative estimate of drug-likeness (QED) is 0.476. The van der Waals surface area contributed by atoms with Crippen LogP contribution < -0.4 is 10.5 Å². The smallest absolute Gasteiger partial charge is 0.342 e. The zero-order chi connectivity index (χ0) is 15.1. The van der Waals surface area contributed by atoms with Gasteiger partial charge < -0.3 is 20.1 Å². The number of benzene rings is 1. The van der Waals surface area contributed by atoms with Crippen LogP contribution in [-0.2, 0) is 4.74 Å². The Morgan fingerprint density at radius 1 is 1.40 bits per heavy atom. The minimum atomic E-state index is -0.482. The van der Waals surface area contributed by atoms with Crippen molar-refractivity contribution in [2.45, 2.75) is 13.3 Å². The minimum Gasteiger partial charge on any atom is -0.491 e. The van der Waals surface area contributed by atoms with Crippen LogP contribution in [0.4, 0.5) is 5.69 Å². The molecule has 0 aliphatic heterocycles. The number of carbonyl (C=O) groups is 1. The molecule has 0 unspecified atom stereocenters. The molecule has 0 fully saturated rings. The number of hydrogen-bond acceptors (Lipinski definition) is 5. The van der Waals surface area contributed by atoms with E-state index in [4.69, 9.17) is 26.8 Å². The summed E-state index contributed by atoms with van der Waals surface area (Å²) in [6.45, 7) is 3.38. The number of ether oxygens (including phenoxy) is 2. The van der Waals surface area contributed by atoms with Crippen LogP contribution in [0.3, 0.4) is 0 Å². The van der Waals surface area contributed by atoms with E-state index in [0.717, 1.165) is 13.0 Å². The van der Waals surface area contributed by atoms with E-state index in [0.29, 0.717) is 23.1 Å². The van der Waals surface area contributed by atoms with E-state index in [2.05, 4.69) is 4.90 Å². The second kappa shape index (κ2) is 7.97. The largest absolute Gasteiger partial charge is 0.491 e. The van der Waals surface area contributed by atoms with Crippen LogP contribution in [0.5, 0.6) is 5.75 Å². The molecule has 6 heteroatoms. The van der Waals surface area contributed by atoms with Crippen molar-refractivity contribution >= 4 is 23.3 Å². The Morgan fingerprint density at radius 3 is 2.70 bits per heavy atom. The topological polar surface area (TPSA) is 64.8 Å². The molecule has 1 aromatic carbocycles. The minimum absolute atomic E-state index is 0.265. The zero-order valence-electron chi connectivity index (χ0n) is 12.1. The maximum absolute atomic E-state index is 11.9. The van der Waals surface area contributed by atoms with Crippen molar-refractivity contribution < 1.29 is 14.3 Å². The van der Waals surface area contributed by atoms with Gasteiger partial charge in [0.25, 0.3) is 0 Å². The van der Waals surface area contributed by atoms with Crippen LogP contribution in [0.15, 0.2) is 12.1 Å². The van der Waals surface area contributed by atoms with Gasteiger partial charge in [0.05, 0.1) is 18.2 Å². The summed E-state index contributed by atoms with van der Waals surface area (Å²) in [6.07, 6.45) is 0.829. The Labute approximate surface area is 124 Å². The van der Waals surface area contributed by atoms with E-state index in [1.807, 2.05) is 14.1 Å².